The summed E-state index contributed by atoms with van der Waals surface area (Å²) >= 11 is 12.1. The van der Waals surface area contributed by atoms with E-state index in [-0.39, 0.29) is 11.8 Å². The number of rotatable bonds is 8. The van der Waals surface area contributed by atoms with E-state index in [0.717, 1.165) is 44.5 Å². The number of halogens is 2. The first kappa shape index (κ1) is 23.6. The van der Waals surface area contributed by atoms with Gasteiger partial charge in [0, 0.05) is 42.7 Å². The second-order valence-electron chi connectivity index (χ2n) is 7.85. The quantitative estimate of drug-likeness (QED) is 0.576. The van der Waals surface area contributed by atoms with Crippen LogP contribution in [-0.4, -0.2) is 53.8 Å². The summed E-state index contributed by atoms with van der Waals surface area (Å²) in [6, 6.07) is 14.8. The fourth-order valence-corrected chi connectivity index (χ4v) is 4.35. The van der Waals surface area contributed by atoms with Crippen LogP contribution in [0.2, 0.25) is 10.0 Å². The lowest BCUT2D eigenvalue weighted by Crippen LogP contribution is -2.47. The number of carbonyl (C=O) groups excluding carboxylic acids is 2. The van der Waals surface area contributed by atoms with Gasteiger partial charge < -0.3 is 10.2 Å². The summed E-state index contributed by atoms with van der Waals surface area (Å²) in [4.78, 5) is 29.5. The number of hydrogen-bond acceptors (Lipinski definition) is 3. The summed E-state index contributed by atoms with van der Waals surface area (Å²) < 4.78 is 0. The number of piperidine rings is 1. The molecule has 2 aromatic rings. The number of carbonyl (C=O) groups is 2. The number of hydrogen-bond donors (Lipinski definition) is 1. The highest BCUT2D eigenvalue weighted by atomic mass is 35.5. The molecule has 1 saturated heterocycles. The molecule has 1 heterocycles. The van der Waals surface area contributed by atoms with Gasteiger partial charge in [0.1, 0.15) is 0 Å². The van der Waals surface area contributed by atoms with Crippen LogP contribution in [0.15, 0.2) is 48.5 Å². The molecule has 0 spiro atoms. The average Bonchev–Trinajstić information content (AvgIpc) is 2.79. The Morgan fingerprint density at radius 2 is 1.77 bits per heavy atom. The fraction of sp³-hybridized carbons (Fsp3) is 0.417. The van der Waals surface area contributed by atoms with Crippen LogP contribution in [0.3, 0.4) is 0 Å². The molecule has 1 aliphatic heterocycles. The molecule has 166 valence electrons. The second kappa shape index (κ2) is 11.5. The molecule has 1 N–H and O–H groups in total. The van der Waals surface area contributed by atoms with Crippen molar-refractivity contribution >= 4 is 40.7 Å². The molecule has 3 rings (SSSR count). The van der Waals surface area contributed by atoms with Gasteiger partial charge in [-0.2, -0.15) is 0 Å². The van der Waals surface area contributed by atoms with Gasteiger partial charge in [-0.15, -0.1) is 0 Å². The lowest BCUT2D eigenvalue weighted by Gasteiger charge is -2.38. The molecule has 0 bridgehead atoms. The van der Waals surface area contributed by atoms with Crippen LogP contribution in [0, 0.1) is 0 Å². The zero-order valence-electron chi connectivity index (χ0n) is 17.8. The smallest absolute Gasteiger partial charge is 0.253 e. The average molecular weight is 462 g/mol. The SMILES string of the molecule is CCCN(CCC(=O)Nc1cc(Cl)ccc1Cl)C1CCN(C(=O)c2ccccc2)CC1. The van der Waals surface area contributed by atoms with Crippen molar-refractivity contribution in [2.24, 2.45) is 0 Å². The zero-order valence-corrected chi connectivity index (χ0v) is 19.3. The maximum atomic E-state index is 12.7. The van der Waals surface area contributed by atoms with E-state index in [1.807, 2.05) is 35.2 Å². The highest BCUT2D eigenvalue weighted by molar-refractivity contribution is 6.35. The van der Waals surface area contributed by atoms with Crippen LogP contribution < -0.4 is 5.32 Å². The monoisotopic (exact) mass is 461 g/mol. The largest absolute Gasteiger partial charge is 0.339 e. The summed E-state index contributed by atoms with van der Waals surface area (Å²) in [6.07, 6.45) is 3.23. The van der Waals surface area contributed by atoms with Gasteiger partial charge in [0.25, 0.3) is 5.91 Å². The lowest BCUT2D eigenvalue weighted by atomic mass is 10.0. The van der Waals surface area contributed by atoms with Gasteiger partial charge in [-0.3, -0.25) is 14.5 Å². The number of amides is 2. The third-order valence-corrected chi connectivity index (χ3v) is 6.19. The molecule has 7 heteroatoms. The highest BCUT2D eigenvalue weighted by Crippen LogP contribution is 2.25. The molecule has 1 fully saturated rings. The van der Waals surface area contributed by atoms with Crippen LogP contribution >= 0.6 is 23.2 Å². The molecular formula is C24H29Cl2N3O2. The number of nitrogens with zero attached hydrogens (tertiary/aromatic N) is 2. The molecule has 2 amide bonds. The Labute approximate surface area is 194 Å². The number of likely N-dealkylation sites (tertiary alicyclic amines) is 1. The minimum absolute atomic E-state index is 0.0815. The normalized spacial score (nSPS) is 14.6. The first-order valence-electron chi connectivity index (χ1n) is 10.8. The Balaban J connectivity index is 1.51. The van der Waals surface area contributed by atoms with E-state index < -0.39 is 0 Å². The van der Waals surface area contributed by atoms with E-state index in [0.29, 0.717) is 34.7 Å². The van der Waals surface area contributed by atoms with Crippen LogP contribution in [0.5, 0.6) is 0 Å². The highest BCUT2D eigenvalue weighted by Gasteiger charge is 2.27. The molecule has 0 radical (unpaired) electrons. The van der Waals surface area contributed by atoms with E-state index in [1.165, 1.54) is 0 Å². The van der Waals surface area contributed by atoms with Crippen molar-refractivity contribution in [1.29, 1.82) is 0 Å². The van der Waals surface area contributed by atoms with Crippen molar-refractivity contribution in [3.05, 3.63) is 64.1 Å². The Morgan fingerprint density at radius 1 is 1.06 bits per heavy atom. The molecule has 0 atom stereocenters. The van der Waals surface area contributed by atoms with Crippen LogP contribution in [0.25, 0.3) is 0 Å². The molecular weight excluding hydrogens is 433 g/mol. The first-order valence-corrected chi connectivity index (χ1v) is 11.6. The summed E-state index contributed by atoms with van der Waals surface area (Å²) in [6.45, 7) is 5.23. The number of benzene rings is 2. The summed E-state index contributed by atoms with van der Waals surface area (Å²) in [7, 11) is 0. The maximum Gasteiger partial charge on any atom is 0.253 e. The zero-order chi connectivity index (χ0) is 22.2. The van der Waals surface area contributed by atoms with Crippen LogP contribution in [0.4, 0.5) is 5.69 Å². The third-order valence-electron chi connectivity index (χ3n) is 5.63. The van der Waals surface area contributed by atoms with E-state index in [1.54, 1.807) is 18.2 Å². The molecule has 1 aliphatic rings. The molecule has 31 heavy (non-hydrogen) atoms. The van der Waals surface area contributed by atoms with Gasteiger partial charge in [-0.1, -0.05) is 48.3 Å². The topological polar surface area (TPSA) is 52.7 Å². The number of anilines is 1. The van der Waals surface area contributed by atoms with Gasteiger partial charge >= 0.3 is 0 Å². The summed E-state index contributed by atoms with van der Waals surface area (Å²) in [5.74, 6) is 0.0147. The van der Waals surface area contributed by atoms with Crippen molar-refractivity contribution in [3.8, 4) is 0 Å². The van der Waals surface area contributed by atoms with Crippen molar-refractivity contribution in [3.63, 3.8) is 0 Å². The Kier molecular flexibility index (Phi) is 8.76. The summed E-state index contributed by atoms with van der Waals surface area (Å²) in [5, 5.41) is 3.86. The van der Waals surface area contributed by atoms with E-state index in [9.17, 15) is 9.59 Å². The molecule has 2 aromatic carbocycles. The molecule has 0 saturated carbocycles. The fourth-order valence-electron chi connectivity index (χ4n) is 4.01. The minimum atomic E-state index is -0.0815. The Bertz CT molecular complexity index is 884. The molecule has 5 nitrogen and oxygen atoms in total. The Hall–Kier alpha value is -2.08. The minimum Gasteiger partial charge on any atom is -0.339 e. The van der Waals surface area contributed by atoms with E-state index >= 15 is 0 Å². The predicted octanol–water partition coefficient (Wildman–Crippen LogP) is 5.34. The maximum absolute atomic E-state index is 12.7. The van der Waals surface area contributed by atoms with Gasteiger partial charge in [0.15, 0.2) is 0 Å². The number of nitrogens with one attached hydrogen (secondary N) is 1. The molecule has 0 aliphatic carbocycles. The van der Waals surface area contributed by atoms with Crippen molar-refractivity contribution < 1.29 is 9.59 Å². The van der Waals surface area contributed by atoms with Gasteiger partial charge in [0.05, 0.1) is 10.7 Å². The molecule has 0 unspecified atom stereocenters. The predicted molar refractivity (Wildman–Crippen MR) is 127 cm³/mol. The first-order chi connectivity index (χ1) is 15.0. The van der Waals surface area contributed by atoms with Crippen molar-refractivity contribution in [2.45, 2.75) is 38.6 Å². The lowest BCUT2D eigenvalue weighted by molar-refractivity contribution is -0.116. The van der Waals surface area contributed by atoms with Crippen molar-refractivity contribution in [2.75, 3.05) is 31.5 Å². The van der Waals surface area contributed by atoms with Crippen LogP contribution in [-0.2, 0) is 4.79 Å². The van der Waals surface area contributed by atoms with Crippen LogP contribution in [0.1, 0.15) is 43.0 Å². The second-order valence-corrected chi connectivity index (χ2v) is 8.69. The standard InChI is InChI=1S/C24H29Cl2N3O2/c1-2-13-28(16-12-23(30)27-22-17-19(25)8-9-21(22)26)20-10-14-29(15-11-20)24(31)18-6-4-3-5-7-18/h3-9,17,20H,2,10-16H2,1H3,(H,27,30). The van der Waals surface area contributed by atoms with Gasteiger partial charge in [-0.05, 0) is 56.1 Å². The van der Waals surface area contributed by atoms with Gasteiger partial charge in [-0.25, -0.2) is 0 Å². The van der Waals surface area contributed by atoms with Crippen molar-refractivity contribution in [1.82, 2.24) is 9.80 Å². The third kappa shape index (κ3) is 6.70. The van der Waals surface area contributed by atoms with Gasteiger partial charge in [0.2, 0.25) is 5.91 Å². The summed E-state index contributed by atoms with van der Waals surface area (Å²) in [5.41, 5.74) is 1.27. The van der Waals surface area contributed by atoms with E-state index in [2.05, 4.69) is 17.1 Å². The van der Waals surface area contributed by atoms with E-state index in [4.69, 9.17) is 23.2 Å². The molecule has 0 aromatic heterocycles. The Morgan fingerprint density at radius 3 is 2.45 bits per heavy atom.